The number of rotatable bonds is 4. The Hall–Kier alpha value is -1.88. The van der Waals surface area contributed by atoms with Crippen LogP contribution >= 0.6 is 11.3 Å². The van der Waals surface area contributed by atoms with Gasteiger partial charge in [0.2, 0.25) is 0 Å². The third kappa shape index (κ3) is 2.67. The maximum atomic E-state index is 12.7. The number of aromatic nitrogens is 1. The number of carbonyl (C=O) groups is 1. The van der Waals surface area contributed by atoms with Crippen LogP contribution in [0.4, 0.5) is 5.69 Å². The second kappa shape index (κ2) is 5.25. The second-order valence-corrected chi connectivity index (χ2v) is 6.03. The molecule has 1 saturated carbocycles. The van der Waals surface area contributed by atoms with Crippen LogP contribution in [0.5, 0.6) is 0 Å². The average molecular weight is 287 g/mol. The summed E-state index contributed by atoms with van der Waals surface area (Å²) < 4.78 is 0. The van der Waals surface area contributed by atoms with Gasteiger partial charge in [-0.2, -0.15) is 0 Å². The third-order valence-corrected chi connectivity index (χ3v) is 4.41. The highest BCUT2D eigenvalue weighted by molar-refractivity contribution is 7.11. The molecule has 1 aliphatic rings. The molecule has 1 fully saturated rings. The maximum absolute atomic E-state index is 12.7. The first-order valence-corrected chi connectivity index (χ1v) is 7.58. The number of benzene rings is 1. The predicted molar refractivity (Wildman–Crippen MR) is 80.6 cm³/mol. The molecule has 1 amide bonds. The van der Waals surface area contributed by atoms with Gasteiger partial charge in [-0.1, -0.05) is 12.1 Å². The molecule has 3 rings (SSSR count). The number of anilines is 1. The Morgan fingerprint density at radius 3 is 2.90 bits per heavy atom. The Bertz CT molecular complexity index is 634. The summed E-state index contributed by atoms with van der Waals surface area (Å²) in [5.74, 6) is 0.0925. The number of hydrogen-bond donors (Lipinski definition) is 1. The summed E-state index contributed by atoms with van der Waals surface area (Å²) in [6.45, 7) is 2.50. The van der Waals surface area contributed by atoms with Gasteiger partial charge in [-0.15, -0.1) is 11.3 Å². The van der Waals surface area contributed by atoms with Crippen LogP contribution in [0.15, 0.2) is 29.8 Å². The zero-order valence-electron chi connectivity index (χ0n) is 11.4. The van der Waals surface area contributed by atoms with Gasteiger partial charge in [0, 0.05) is 18.3 Å². The van der Waals surface area contributed by atoms with E-state index in [0.29, 0.717) is 12.6 Å². The van der Waals surface area contributed by atoms with Crippen molar-refractivity contribution in [1.29, 1.82) is 0 Å². The van der Waals surface area contributed by atoms with Crippen LogP contribution in [0.2, 0.25) is 0 Å². The van der Waals surface area contributed by atoms with E-state index in [4.69, 9.17) is 5.73 Å². The van der Waals surface area contributed by atoms with Gasteiger partial charge < -0.3 is 10.6 Å². The number of nitrogens with zero attached hydrogens (tertiary/aromatic N) is 2. The summed E-state index contributed by atoms with van der Waals surface area (Å²) in [5, 5.41) is 0. The highest BCUT2D eigenvalue weighted by atomic mass is 32.1. The minimum absolute atomic E-state index is 0.0925. The van der Waals surface area contributed by atoms with E-state index in [0.717, 1.165) is 34.7 Å². The van der Waals surface area contributed by atoms with Crippen LogP contribution in [-0.2, 0) is 6.54 Å². The Balaban J connectivity index is 1.83. The molecule has 4 nitrogen and oxygen atoms in total. The zero-order chi connectivity index (χ0) is 14.1. The van der Waals surface area contributed by atoms with Crippen LogP contribution in [0.1, 0.15) is 33.8 Å². The lowest BCUT2D eigenvalue weighted by molar-refractivity contribution is 0.0734. The standard InChI is InChI=1S/C15H17N3OS/c1-10-14(20-9-17-10)15(19)18(13-5-6-13)8-11-3-2-4-12(16)7-11/h2-4,7,9,13H,5-6,8,16H2,1H3. The van der Waals surface area contributed by atoms with Crippen molar-refractivity contribution in [2.24, 2.45) is 0 Å². The summed E-state index contributed by atoms with van der Waals surface area (Å²) in [6.07, 6.45) is 2.18. The minimum atomic E-state index is 0.0925. The number of nitrogen functional groups attached to an aromatic ring is 1. The summed E-state index contributed by atoms with van der Waals surface area (Å²) >= 11 is 1.42. The molecule has 1 aromatic carbocycles. The molecule has 0 unspecified atom stereocenters. The normalized spacial score (nSPS) is 14.2. The minimum Gasteiger partial charge on any atom is -0.399 e. The fraction of sp³-hybridized carbons (Fsp3) is 0.333. The first kappa shape index (κ1) is 13.1. The van der Waals surface area contributed by atoms with Crippen molar-refractivity contribution in [3.63, 3.8) is 0 Å². The molecule has 0 bridgehead atoms. The van der Waals surface area contributed by atoms with Gasteiger partial charge in [-0.05, 0) is 37.5 Å². The molecule has 0 radical (unpaired) electrons. The predicted octanol–water partition coefficient (Wildman–Crippen LogP) is 2.84. The monoisotopic (exact) mass is 287 g/mol. The van der Waals surface area contributed by atoms with E-state index in [-0.39, 0.29) is 5.91 Å². The highest BCUT2D eigenvalue weighted by Gasteiger charge is 2.34. The fourth-order valence-electron chi connectivity index (χ4n) is 2.28. The SMILES string of the molecule is Cc1ncsc1C(=O)N(Cc1cccc(N)c1)C1CC1. The molecule has 20 heavy (non-hydrogen) atoms. The first-order valence-electron chi connectivity index (χ1n) is 6.70. The average Bonchev–Trinajstić information content (AvgIpc) is 3.17. The smallest absolute Gasteiger partial charge is 0.266 e. The number of hydrogen-bond acceptors (Lipinski definition) is 4. The zero-order valence-corrected chi connectivity index (χ0v) is 12.2. The lowest BCUT2D eigenvalue weighted by atomic mass is 10.2. The van der Waals surface area contributed by atoms with Crippen molar-refractivity contribution in [3.05, 3.63) is 45.9 Å². The van der Waals surface area contributed by atoms with E-state index < -0.39 is 0 Å². The van der Waals surface area contributed by atoms with Crippen LogP contribution in [0.3, 0.4) is 0 Å². The maximum Gasteiger partial charge on any atom is 0.266 e. The summed E-state index contributed by atoms with van der Waals surface area (Å²) in [4.78, 5) is 19.5. The Morgan fingerprint density at radius 1 is 1.50 bits per heavy atom. The van der Waals surface area contributed by atoms with Gasteiger partial charge in [-0.25, -0.2) is 4.98 Å². The molecule has 1 aliphatic carbocycles. The highest BCUT2D eigenvalue weighted by Crippen LogP contribution is 2.31. The van der Waals surface area contributed by atoms with Gasteiger partial charge in [0.1, 0.15) is 4.88 Å². The molecule has 104 valence electrons. The summed E-state index contributed by atoms with van der Waals surface area (Å²) in [5.41, 5.74) is 10.2. The van der Waals surface area contributed by atoms with E-state index in [1.165, 1.54) is 11.3 Å². The van der Waals surface area contributed by atoms with Gasteiger partial charge in [0.05, 0.1) is 11.2 Å². The van der Waals surface area contributed by atoms with Gasteiger partial charge in [0.25, 0.3) is 5.91 Å². The van der Waals surface area contributed by atoms with Crippen LogP contribution in [-0.4, -0.2) is 21.8 Å². The first-order chi connectivity index (χ1) is 9.65. The van der Waals surface area contributed by atoms with E-state index in [9.17, 15) is 4.79 Å². The van der Waals surface area contributed by atoms with Crippen molar-refractivity contribution < 1.29 is 4.79 Å². The topological polar surface area (TPSA) is 59.2 Å². The van der Waals surface area contributed by atoms with Crippen molar-refractivity contribution >= 4 is 22.9 Å². The van der Waals surface area contributed by atoms with Crippen LogP contribution in [0, 0.1) is 6.92 Å². The molecule has 1 aromatic heterocycles. The molecular weight excluding hydrogens is 270 g/mol. The molecule has 0 saturated heterocycles. The lowest BCUT2D eigenvalue weighted by Gasteiger charge is -2.22. The Kier molecular flexibility index (Phi) is 3.44. The van der Waals surface area contributed by atoms with Crippen molar-refractivity contribution in [1.82, 2.24) is 9.88 Å². The van der Waals surface area contributed by atoms with Gasteiger partial charge in [0.15, 0.2) is 0 Å². The summed E-state index contributed by atoms with van der Waals surface area (Å²) in [6, 6.07) is 8.10. The lowest BCUT2D eigenvalue weighted by Crippen LogP contribution is -2.32. The molecular formula is C15H17N3OS. The molecule has 0 spiro atoms. The van der Waals surface area contributed by atoms with Gasteiger partial charge in [-0.3, -0.25) is 4.79 Å². The van der Waals surface area contributed by atoms with Crippen molar-refractivity contribution in [2.75, 3.05) is 5.73 Å². The van der Waals surface area contributed by atoms with E-state index in [1.807, 2.05) is 36.1 Å². The molecule has 1 heterocycles. The van der Waals surface area contributed by atoms with Crippen LogP contribution < -0.4 is 5.73 Å². The number of carbonyl (C=O) groups excluding carboxylic acids is 1. The molecule has 2 aromatic rings. The van der Waals surface area contributed by atoms with Crippen molar-refractivity contribution in [3.8, 4) is 0 Å². The largest absolute Gasteiger partial charge is 0.399 e. The molecule has 2 N–H and O–H groups in total. The third-order valence-electron chi connectivity index (χ3n) is 3.49. The molecule has 0 atom stereocenters. The molecule has 5 heteroatoms. The van der Waals surface area contributed by atoms with Crippen molar-refractivity contribution in [2.45, 2.75) is 32.4 Å². The Morgan fingerprint density at radius 2 is 2.30 bits per heavy atom. The van der Waals surface area contributed by atoms with Gasteiger partial charge >= 0.3 is 0 Å². The number of amides is 1. The summed E-state index contributed by atoms with van der Waals surface area (Å²) in [7, 11) is 0. The van der Waals surface area contributed by atoms with E-state index >= 15 is 0 Å². The number of thiazole rings is 1. The van der Waals surface area contributed by atoms with E-state index in [2.05, 4.69) is 4.98 Å². The quantitative estimate of drug-likeness (QED) is 0.880. The second-order valence-electron chi connectivity index (χ2n) is 5.18. The number of aryl methyl sites for hydroxylation is 1. The van der Waals surface area contributed by atoms with Crippen LogP contribution in [0.25, 0.3) is 0 Å². The Labute approximate surface area is 122 Å². The van der Waals surface area contributed by atoms with E-state index in [1.54, 1.807) is 5.51 Å². The fourth-order valence-corrected chi connectivity index (χ4v) is 3.04. The number of nitrogens with two attached hydrogens (primary N) is 1. The molecule has 0 aliphatic heterocycles.